The monoisotopic (exact) mass is 476 g/mol. The molecule has 2 fully saturated rings. The highest BCUT2D eigenvalue weighted by atomic mass is 16.5. The van der Waals surface area contributed by atoms with Crippen molar-refractivity contribution in [3.63, 3.8) is 0 Å². The number of alkyl carbamates (subject to hydrolysis) is 1. The van der Waals surface area contributed by atoms with E-state index in [1.807, 2.05) is 24.3 Å². The van der Waals surface area contributed by atoms with Gasteiger partial charge in [0.25, 0.3) is 0 Å². The zero-order valence-corrected chi connectivity index (χ0v) is 19.8. The molecule has 7 heteroatoms. The van der Waals surface area contributed by atoms with E-state index in [1.165, 1.54) is 11.1 Å². The van der Waals surface area contributed by atoms with Crippen molar-refractivity contribution in [3.8, 4) is 11.1 Å². The Balaban J connectivity index is 1.16. The van der Waals surface area contributed by atoms with Crippen LogP contribution in [0.3, 0.4) is 0 Å². The minimum atomic E-state index is -0.827. The van der Waals surface area contributed by atoms with Gasteiger partial charge in [-0.1, -0.05) is 61.4 Å². The van der Waals surface area contributed by atoms with Gasteiger partial charge in [0.2, 0.25) is 5.91 Å². The summed E-state index contributed by atoms with van der Waals surface area (Å²) in [4.78, 5) is 36.9. The van der Waals surface area contributed by atoms with Crippen LogP contribution >= 0.6 is 0 Å². The molecule has 5 rings (SSSR count). The molecule has 0 saturated heterocycles. The van der Waals surface area contributed by atoms with Gasteiger partial charge in [-0.3, -0.25) is 9.59 Å². The van der Waals surface area contributed by atoms with Crippen molar-refractivity contribution in [1.82, 2.24) is 10.6 Å². The van der Waals surface area contributed by atoms with E-state index in [0.29, 0.717) is 12.8 Å². The number of carboxylic acid groups (broad SMARTS) is 1. The number of fused-ring (bicyclic) bond motifs is 3. The van der Waals surface area contributed by atoms with Crippen LogP contribution in [-0.4, -0.2) is 42.3 Å². The van der Waals surface area contributed by atoms with E-state index >= 15 is 0 Å². The van der Waals surface area contributed by atoms with Crippen molar-refractivity contribution in [2.45, 2.75) is 56.9 Å². The molecule has 7 nitrogen and oxygen atoms in total. The Morgan fingerprint density at radius 3 is 2.20 bits per heavy atom. The van der Waals surface area contributed by atoms with Crippen molar-refractivity contribution in [1.29, 1.82) is 0 Å². The third-order valence-corrected chi connectivity index (χ3v) is 8.12. The molecule has 2 unspecified atom stereocenters. The van der Waals surface area contributed by atoms with Crippen LogP contribution in [0.15, 0.2) is 48.5 Å². The molecule has 3 aliphatic carbocycles. The molecule has 2 amide bonds. The first-order chi connectivity index (χ1) is 17.0. The smallest absolute Gasteiger partial charge is 0.407 e. The fourth-order valence-electron chi connectivity index (χ4n) is 6.00. The van der Waals surface area contributed by atoms with Gasteiger partial charge in [-0.25, -0.2) is 4.79 Å². The van der Waals surface area contributed by atoms with Crippen LogP contribution in [0, 0.1) is 11.3 Å². The van der Waals surface area contributed by atoms with Crippen molar-refractivity contribution in [3.05, 3.63) is 59.7 Å². The van der Waals surface area contributed by atoms with Crippen LogP contribution < -0.4 is 10.6 Å². The van der Waals surface area contributed by atoms with Crippen molar-refractivity contribution >= 4 is 18.0 Å². The number of carbonyl (C=O) groups excluding carboxylic acids is 2. The fraction of sp³-hybridized carbons (Fsp3) is 0.464. The SMILES string of the molecule is O=C(O)CC1CCCC1NC(=O)C1(CNC(=O)OCC2c3ccccc3-c3ccccc32)CCC1. The number of rotatable bonds is 8. The van der Waals surface area contributed by atoms with Gasteiger partial charge in [0.15, 0.2) is 0 Å². The molecule has 2 aromatic carbocycles. The lowest BCUT2D eigenvalue weighted by Crippen LogP contribution is -2.55. The van der Waals surface area contributed by atoms with Crippen LogP contribution in [0.4, 0.5) is 4.79 Å². The molecule has 2 aromatic rings. The Morgan fingerprint density at radius 2 is 1.60 bits per heavy atom. The number of ether oxygens (including phenoxy) is 1. The van der Waals surface area contributed by atoms with Gasteiger partial charge in [-0.15, -0.1) is 0 Å². The normalized spacial score (nSPS) is 21.9. The third kappa shape index (κ3) is 4.64. The van der Waals surface area contributed by atoms with Crippen molar-refractivity contribution in [2.75, 3.05) is 13.2 Å². The number of hydrogen-bond acceptors (Lipinski definition) is 4. The molecule has 184 valence electrons. The Morgan fingerprint density at radius 1 is 0.943 bits per heavy atom. The summed E-state index contributed by atoms with van der Waals surface area (Å²) in [5.74, 6) is -0.942. The Hall–Kier alpha value is -3.35. The number of aliphatic carboxylic acids is 1. The Kier molecular flexibility index (Phi) is 6.50. The molecule has 0 heterocycles. The number of amides is 2. The maximum absolute atomic E-state index is 13.1. The first-order valence-electron chi connectivity index (χ1n) is 12.6. The topological polar surface area (TPSA) is 105 Å². The summed E-state index contributed by atoms with van der Waals surface area (Å²) in [5.41, 5.74) is 4.03. The predicted molar refractivity (Wildman–Crippen MR) is 131 cm³/mol. The second-order valence-electron chi connectivity index (χ2n) is 10.2. The fourth-order valence-corrected chi connectivity index (χ4v) is 6.00. The van der Waals surface area contributed by atoms with Gasteiger partial charge in [-0.2, -0.15) is 0 Å². The van der Waals surface area contributed by atoms with Crippen molar-refractivity contribution < 1.29 is 24.2 Å². The summed E-state index contributed by atoms with van der Waals surface area (Å²) in [6.07, 6.45) is 4.46. The van der Waals surface area contributed by atoms with Gasteiger partial charge in [0.05, 0.1) is 11.8 Å². The Labute approximate surface area is 205 Å². The molecule has 3 N–H and O–H groups in total. The first-order valence-corrected chi connectivity index (χ1v) is 12.6. The number of nitrogens with one attached hydrogen (secondary N) is 2. The largest absolute Gasteiger partial charge is 0.481 e. The molecular weight excluding hydrogens is 444 g/mol. The summed E-state index contributed by atoms with van der Waals surface area (Å²) in [5, 5.41) is 15.1. The predicted octanol–water partition coefficient (Wildman–Crippen LogP) is 4.46. The van der Waals surface area contributed by atoms with E-state index in [1.54, 1.807) is 0 Å². The summed E-state index contributed by atoms with van der Waals surface area (Å²) in [6, 6.07) is 16.3. The summed E-state index contributed by atoms with van der Waals surface area (Å²) in [6.45, 7) is 0.462. The molecule has 2 saturated carbocycles. The molecule has 2 atom stereocenters. The number of carboxylic acids is 1. The minimum absolute atomic E-state index is 0.0114. The van der Waals surface area contributed by atoms with Gasteiger partial charge in [0, 0.05) is 18.5 Å². The summed E-state index contributed by atoms with van der Waals surface area (Å²) >= 11 is 0. The van der Waals surface area contributed by atoms with Gasteiger partial charge >= 0.3 is 12.1 Å². The highest BCUT2D eigenvalue weighted by molar-refractivity contribution is 5.85. The number of carbonyl (C=O) groups is 3. The highest BCUT2D eigenvalue weighted by Crippen LogP contribution is 2.45. The lowest BCUT2D eigenvalue weighted by molar-refractivity contribution is -0.140. The van der Waals surface area contributed by atoms with Crippen LogP contribution in [-0.2, 0) is 14.3 Å². The number of hydrogen-bond donors (Lipinski definition) is 3. The molecule has 0 radical (unpaired) electrons. The lowest BCUT2D eigenvalue weighted by Gasteiger charge is -2.41. The maximum atomic E-state index is 13.1. The van der Waals surface area contributed by atoms with Crippen LogP contribution in [0.25, 0.3) is 11.1 Å². The lowest BCUT2D eigenvalue weighted by atomic mass is 9.67. The third-order valence-electron chi connectivity index (χ3n) is 8.12. The van der Waals surface area contributed by atoms with E-state index in [4.69, 9.17) is 9.84 Å². The Bertz CT molecular complexity index is 1080. The highest BCUT2D eigenvalue weighted by Gasteiger charge is 2.46. The molecule has 0 bridgehead atoms. The second-order valence-corrected chi connectivity index (χ2v) is 10.2. The molecule has 3 aliphatic rings. The average Bonchev–Trinajstić information content (AvgIpc) is 3.38. The van der Waals surface area contributed by atoms with E-state index in [0.717, 1.165) is 36.8 Å². The van der Waals surface area contributed by atoms with Crippen LogP contribution in [0.2, 0.25) is 0 Å². The standard InChI is InChI=1S/C28H32N2O5/c31-25(32)15-18-7-5-12-24(18)30-26(33)28(13-6-14-28)17-29-27(34)35-16-23-21-10-3-1-8-19(21)20-9-2-4-11-22(20)23/h1-4,8-11,18,23-24H,5-7,12-17H2,(H,29,34)(H,30,33)(H,31,32). The molecule has 0 spiro atoms. The molecular formula is C28H32N2O5. The quantitative estimate of drug-likeness (QED) is 0.522. The van der Waals surface area contributed by atoms with E-state index in [-0.39, 0.29) is 43.4 Å². The molecule has 0 aliphatic heterocycles. The van der Waals surface area contributed by atoms with Crippen LogP contribution in [0.1, 0.15) is 62.0 Å². The first kappa shape index (κ1) is 23.4. The van der Waals surface area contributed by atoms with E-state index in [2.05, 4.69) is 34.9 Å². The molecule has 0 aromatic heterocycles. The second kappa shape index (κ2) is 9.72. The van der Waals surface area contributed by atoms with Gasteiger partial charge in [0.1, 0.15) is 6.61 Å². The van der Waals surface area contributed by atoms with E-state index < -0.39 is 17.5 Å². The number of benzene rings is 2. The zero-order chi connectivity index (χ0) is 24.4. The average molecular weight is 477 g/mol. The summed E-state index contributed by atoms with van der Waals surface area (Å²) < 4.78 is 5.63. The van der Waals surface area contributed by atoms with Crippen LogP contribution in [0.5, 0.6) is 0 Å². The molecule has 35 heavy (non-hydrogen) atoms. The van der Waals surface area contributed by atoms with Crippen molar-refractivity contribution in [2.24, 2.45) is 11.3 Å². The maximum Gasteiger partial charge on any atom is 0.407 e. The van der Waals surface area contributed by atoms with Gasteiger partial charge < -0.3 is 20.5 Å². The summed E-state index contributed by atoms with van der Waals surface area (Å²) in [7, 11) is 0. The van der Waals surface area contributed by atoms with Gasteiger partial charge in [-0.05, 0) is 53.9 Å². The minimum Gasteiger partial charge on any atom is -0.481 e. The zero-order valence-electron chi connectivity index (χ0n) is 19.8. The van der Waals surface area contributed by atoms with E-state index in [9.17, 15) is 14.4 Å².